The van der Waals surface area contributed by atoms with E-state index in [1.807, 2.05) is 19.3 Å². The number of aliphatic imine (C=N–C) groups is 1. The zero-order chi connectivity index (χ0) is 17.7. The minimum absolute atomic E-state index is 0. The lowest BCUT2D eigenvalue weighted by molar-refractivity contribution is 0.0424. The molecule has 0 radical (unpaired) electrons. The lowest BCUT2D eigenvalue weighted by atomic mass is 10.3. The molecule has 0 bridgehead atoms. The van der Waals surface area contributed by atoms with Gasteiger partial charge in [0.2, 0.25) is 0 Å². The number of aryl methyl sites for hydroxylation is 2. The molecule has 8 heteroatoms. The van der Waals surface area contributed by atoms with E-state index >= 15 is 0 Å². The number of unbranched alkanes of at least 4 members (excludes halogenated alkanes) is 1. The first kappa shape index (κ1) is 23.2. The van der Waals surface area contributed by atoms with E-state index in [-0.39, 0.29) is 30.1 Å². The zero-order valence-electron chi connectivity index (χ0n) is 16.1. The Morgan fingerprint density at radius 2 is 2.27 bits per heavy atom. The second kappa shape index (κ2) is 14.2. The van der Waals surface area contributed by atoms with Crippen LogP contribution in [0.3, 0.4) is 0 Å². The number of guanidine groups is 1. The van der Waals surface area contributed by atoms with Crippen molar-refractivity contribution in [1.82, 2.24) is 20.2 Å². The highest BCUT2D eigenvalue weighted by atomic mass is 127. The number of halogens is 1. The van der Waals surface area contributed by atoms with E-state index in [1.54, 1.807) is 0 Å². The summed E-state index contributed by atoms with van der Waals surface area (Å²) >= 11 is 0. The molecule has 0 saturated carbocycles. The Labute approximate surface area is 174 Å². The molecular weight excluding hydrogens is 445 g/mol. The number of hydrogen-bond donors (Lipinski definition) is 2. The van der Waals surface area contributed by atoms with Crippen LogP contribution in [0.15, 0.2) is 17.4 Å². The molecule has 1 saturated heterocycles. The first-order valence-corrected chi connectivity index (χ1v) is 9.49. The Morgan fingerprint density at radius 3 is 2.96 bits per heavy atom. The quantitative estimate of drug-likeness (QED) is 0.221. The van der Waals surface area contributed by atoms with E-state index in [0.29, 0.717) is 0 Å². The van der Waals surface area contributed by atoms with Gasteiger partial charge in [-0.2, -0.15) is 0 Å². The molecule has 1 fully saturated rings. The van der Waals surface area contributed by atoms with Crippen LogP contribution in [0.4, 0.5) is 0 Å². The summed E-state index contributed by atoms with van der Waals surface area (Å²) in [4.78, 5) is 8.85. The molecule has 2 N–H and O–H groups in total. The smallest absolute Gasteiger partial charge is 0.191 e. The van der Waals surface area contributed by atoms with Crippen LogP contribution < -0.4 is 10.6 Å². The third-order valence-corrected chi connectivity index (χ3v) is 4.20. The van der Waals surface area contributed by atoms with Gasteiger partial charge in [0.15, 0.2) is 5.96 Å². The maximum Gasteiger partial charge on any atom is 0.191 e. The van der Waals surface area contributed by atoms with Gasteiger partial charge in [-0.3, -0.25) is 4.99 Å². The third-order valence-electron chi connectivity index (χ3n) is 4.20. The van der Waals surface area contributed by atoms with Crippen molar-refractivity contribution in [3.63, 3.8) is 0 Å². The van der Waals surface area contributed by atoms with Gasteiger partial charge >= 0.3 is 0 Å². The molecule has 1 aliphatic rings. The maximum absolute atomic E-state index is 5.76. The summed E-state index contributed by atoms with van der Waals surface area (Å²) in [6.07, 6.45) is 8.36. The lowest BCUT2D eigenvalue weighted by Gasteiger charge is -2.12. The third kappa shape index (κ3) is 9.18. The molecule has 7 nitrogen and oxygen atoms in total. The van der Waals surface area contributed by atoms with Crippen LogP contribution in [0, 0.1) is 6.92 Å². The molecule has 150 valence electrons. The Morgan fingerprint density at radius 1 is 1.38 bits per heavy atom. The van der Waals surface area contributed by atoms with E-state index in [0.717, 1.165) is 83.5 Å². The van der Waals surface area contributed by atoms with Crippen LogP contribution in [0.1, 0.15) is 38.4 Å². The highest BCUT2D eigenvalue weighted by Gasteiger charge is 2.15. The lowest BCUT2D eigenvalue weighted by Crippen LogP contribution is -2.38. The van der Waals surface area contributed by atoms with E-state index in [2.05, 4.69) is 32.1 Å². The molecule has 1 unspecified atom stereocenters. The Bertz CT molecular complexity index is 504. The van der Waals surface area contributed by atoms with Gasteiger partial charge in [0, 0.05) is 51.8 Å². The van der Waals surface area contributed by atoms with Crippen molar-refractivity contribution in [2.24, 2.45) is 4.99 Å². The molecule has 26 heavy (non-hydrogen) atoms. The SMILES string of the molecule is CCNC(=NCCCOC1CCOC1)NCCCCn1ccnc1C.I. The summed E-state index contributed by atoms with van der Waals surface area (Å²) in [7, 11) is 0. The second-order valence-corrected chi connectivity index (χ2v) is 6.27. The van der Waals surface area contributed by atoms with Gasteiger partial charge in [-0.25, -0.2) is 4.98 Å². The molecule has 1 aliphatic heterocycles. The summed E-state index contributed by atoms with van der Waals surface area (Å²) in [5.41, 5.74) is 0. The first-order valence-electron chi connectivity index (χ1n) is 9.49. The predicted octanol–water partition coefficient (Wildman–Crippen LogP) is 2.34. The van der Waals surface area contributed by atoms with Gasteiger partial charge in [0.25, 0.3) is 0 Å². The van der Waals surface area contributed by atoms with Crippen LogP contribution >= 0.6 is 24.0 Å². The number of hydrogen-bond acceptors (Lipinski definition) is 4. The molecular formula is C18H34IN5O2. The fourth-order valence-electron chi connectivity index (χ4n) is 2.75. The highest BCUT2D eigenvalue weighted by molar-refractivity contribution is 14.0. The van der Waals surface area contributed by atoms with Crippen LogP contribution in [0.25, 0.3) is 0 Å². The van der Waals surface area contributed by atoms with E-state index in [1.165, 1.54) is 0 Å². The van der Waals surface area contributed by atoms with Crippen LogP contribution in [0.2, 0.25) is 0 Å². The largest absolute Gasteiger partial charge is 0.379 e. The van der Waals surface area contributed by atoms with Crippen LogP contribution in [-0.4, -0.2) is 61.1 Å². The summed E-state index contributed by atoms with van der Waals surface area (Å²) in [6.45, 7) is 10.0. The summed E-state index contributed by atoms with van der Waals surface area (Å²) in [5, 5.41) is 6.69. The molecule has 1 aromatic rings. The average molecular weight is 479 g/mol. The van der Waals surface area contributed by atoms with Crippen molar-refractivity contribution in [2.75, 3.05) is 39.5 Å². The van der Waals surface area contributed by atoms with Gasteiger partial charge in [-0.1, -0.05) is 0 Å². The first-order chi connectivity index (χ1) is 12.3. The van der Waals surface area contributed by atoms with Crippen LogP contribution in [-0.2, 0) is 16.0 Å². The second-order valence-electron chi connectivity index (χ2n) is 6.27. The normalized spacial score (nSPS) is 17.2. The number of nitrogens with zero attached hydrogens (tertiary/aromatic N) is 3. The number of imidazole rings is 1. The molecule has 0 aromatic carbocycles. The van der Waals surface area contributed by atoms with E-state index < -0.39 is 0 Å². The average Bonchev–Trinajstić information content (AvgIpc) is 3.26. The van der Waals surface area contributed by atoms with Crippen molar-refractivity contribution >= 4 is 29.9 Å². The number of nitrogens with one attached hydrogen (secondary N) is 2. The Hall–Kier alpha value is -0.870. The molecule has 0 amide bonds. The highest BCUT2D eigenvalue weighted by Crippen LogP contribution is 2.08. The fraction of sp³-hybridized carbons (Fsp3) is 0.778. The van der Waals surface area contributed by atoms with Gasteiger partial charge < -0.3 is 24.7 Å². The molecule has 0 spiro atoms. The van der Waals surface area contributed by atoms with Gasteiger partial charge in [-0.15, -0.1) is 24.0 Å². The topological polar surface area (TPSA) is 72.7 Å². The Balaban J connectivity index is 0.00000338. The van der Waals surface area contributed by atoms with Gasteiger partial charge in [0.1, 0.15) is 5.82 Å². The predicted molar refractivity (Wildman–Crippen MR) is 115 cm³/mol. The van der Waals surface area contributed by atoms with Crippen molar-refractivity contribution in [3.8, 4) is 0 Å². The minimum Gasteiger partial charge on any atom is -0.379 e. The van der Waals surface area contributed by atoms with Gasteiger partial charge in [0.05, 0.1) is 12.7 Å². The summed E-state index contributed by atoms with van der Waals surface area (Å²) < 4.78 is 13.3. The molecule has 0 aliphatic carbocycles. The monoisotopic (exact) mass is 479 g/mol. The van der Waals surface area contributed by atoms with Crippen molar-refractivity contribution in [2.45, 2.75) is 52.2 Å². The van der Waals surface area contributed by atoms with E-state index in [9.17, 15) is 0 Å². The van der Waals surface area contributed by atoms with Crippen molar-refractivity contribution < 1.29 is 9.47 Å². The number of ether oxygens (including phenoxy) is 2. The molecule has 2 heterocycles. The van der Waals surface area contributed by atoms with Crippen LogP contribution in [0.5, 0.6) is 0 Å². The minimum atomic E-state index is 0. The number of rotatable bonds is 11. The maximum atomic E-state index is 5.76. The standard InChI is InChI=1S/C18H33N5O2.HI/c1-3-19-18(22-9-6-13-25-17-7-14-24-15-17)21-8-4-5-11-23-12-10-20-16(23)2;/h10,12,17H,3-9,11,13-15H2,1-2H3,(H2,19,21,22);1H. The number of aromatic nitrogens is 2. The zero-order valence-corrected chi connectivity index (χ0v) is 18.4. The van der Waals surface area contributed by atoms with Gasteiger partial charge in [-0.05, 0) is 39.5 Å². The Kier molecular flexibility index (Phi) is 12.7. The fourth-order valence-corrected chi connectivity index (χ4v) is 2.75. The summed E-state index contributed by atoms with van der Waals surface area (Å²) in [6, 6.07) is 0. The molecule has 1 atom stereocenters. The molecule has 1 aromatic heterocycles. The summed E-state index contributed by atoms with van der Waals surface area (Å²) in [5.74, 6) is 1.97. The molecule has 2 rings (SSSR count). The van der Waals surface area contributed by atoms with Crippen molar-refractivity contribution in [3.05, 3.63) is 18.2 Å². The van der Waals surface area contributed by atoms with E-state index in [4.69, 9.17) is 9.47 Å². The van der Waals surface area contributed by atoms with Crippen molar-refractivity contribution in [1.29, 1.82) is 0 Å².